The molecule has 2 N–H and O–H groups in total. The Morgan fingerprint density at radius 3 is 3.00 bits per heavy atom. The number of piperidine rings is 1. The van der Waals surface area contributed by atoms with Gasteiger partial charge < -0.3 is 15.3 Å². The van der Waals surface area contributed by atoms with Crippen molar-refractivity contribution in [1.82, 2.24) is 10.2 Å². The molecule has 1 aromatic carbocycles. The minimum Gasteiger partial charge on any atom is -0.508 e. The van der Waals surface area contributed by atoms with Crippen LogP contribution < -0.4 is 5.32 Å². The first kappa shape index (κ1) is 13.6. The molecule has 0 radical (unpaired) electrons. The molecule has 0 bridgehead atoms. The third kappa shape index (κ3) is 2.69. The van der Waals surface area contributed by atoms with Gasteiger partial charge in [-0.25, -0.2) is 0 Å². The SMILES string of the molecule is Oc1ccc2c(c1)CCCC2NC1CCN2CCCC2C1. The van der Waals surface area contributed by atoms with Gasteiger partial charge in [0.1, 0.15) is 5.75 Å². The number of nitrogens with zero attached hydrogens (tertiary/aromatic N) is 1. The number of benzene rings is 1. The Hall–Kier alpha value is -1.06. The van der Waals surface area contributed by atoms with Crippen molar-refractivity contribution in [1.29, 1.82) is 0 Å². The van der Waals surface area contributed by atoms with Gasteiger partial charge in [-0.1, -0.05) is 6.07 Å². The highest BCUT2D eigenvalue weighted by atomic mass is 16.3. The molecule has 3 unspecified atom stereocenters. The molecule has 2 saturated heterocycles. The van der Waals surface area contributed by atoms with Crippen molar-refractivity contribution < 1.29 is 5.11 Å². The lowest BCUT2D eigenvalue weighted by molar-refractivity contribution is 0.159. The Morgan fingerprint density at radius 2 is 2.05 bits per heavy atom. The van der Waals surface area contributed by atoms with Gasteiger partial charge in [-0.15, -0.1) is 0 Å². The van der Waals surface area contributed by atoms with E-state index in [2.05, 4.69) is 16.3 Å². The number of aromatic hydroxyl groups is 1. The number of nitrogens with one attached hydrogen (secondary N) is 1. The van der Waals surface area contributed by atoms with Gasteiger partial charge in [0.05, 0.1) is 0 Å². The van der Waals surface area contributed by atoms with Crippen LogP contribution >= 0.6 is 0 Å². The van der Waals surface area contributed by atoms with E-state index < -0.39 is 0 Å². The second-order valence-electron chi connectivity index (χ2n) is 7.05. The standard InChI is InChI=1S/C18H26N2O/c21-16-6-7-17-13(11-16)3-1-5-18(17)19-14-8-10-20-9-2-4-15(20)12-14/h6-7,11,14-15,18-19,21H,1-5,8-10,12H2. The van der Waals surface area contributed by atoms with Gasteiger partial charge in [0.2, 0.25) is 0 Å². The first-order chi connectivity index (χ1) is 10.3. The van der Waals surface area contributed by atoms with Crippen LogP contribution in [0.3, 0.4) is 0 Å². The maximum Gasteiger partial charge on any atom is 0.115 e. The summed E-state index contributed by atoms with van der Waals surface area (Å²) in [4.78, 5) is 2.69. The first-order valence-corrected chi connectivity index (χ1v) is 8.61. The van der Waals surface area contributed by atoms with E-state index in [-0.39, 0.29) is 0 Å². The summed E-state index contributed by atoms with van der Waals surface area (Å²) < 4.78 is 0. The maximum absolute atomic E-state index is 9.67. The van der Waals surface area contributed by atoms with Crippen molar-refractivity contribution in [2.45, 2.75) is 63.1 Å². The summed E-state index contributed by atoms with van der Waals surface area (Å²) in [6, 6.07) is 7.94. The fourth-order valence-corrected chi connectivity index (χ4v) is 4.63. The lowest BCUT2D eigenvalue weighted by atomic mass is 9.86. The fraction of sp³-hybridized carbons (Fsp3) is 0.667. The van der Waals surface area contributed by atoms with Crippen molar-refractivity contribution in [3.8, 4) is 5.75 Å². The van der Waals surface area contributed by atoms with Gasteiger partial charge in [-0.3, -0.25) is 0 Å². The van der Waals surface area contributed by atoms with Crippen LogP contribution in [0.15, 0.2) is 18.2 Å². The molecule has 3 nitrogen and oxygen atoms in total. The summed E-state index contributed by atoms with van der Waals surface area (Å²) in [5.41, 5.74) is 2.77. The van der Waals surface area contributed by atoms with E-state index in [4.69, 9.17) is 0 Å². The lowest BCUT2D eigenvalue weighted by Crippen LogP contribution is -2.47. The molecule has 114 valence electrons. The van der Waals surface area contributed by atoms with Crippen molar-refractivity contribution in [2.75, 3.05) is 13.1 Å². The van der Waals surface area contributed by atoms with E-state index in [1.54, 1.807) is 0 Å². The van der Waals surface area contributed by atoms with Crippen LogP contribution in [0.1, 0.15) is 55.7 Å². The Labute approximate surface area is 127 Å². The van der Waals surface area contributed by atoms with Gasteiger partial charge in [0.15, 0.2) is 0 Å². The quantitative estimate of drug-likeness (QED) is 0.877. The molecule has 0 saturated carbocycles. The smallest absolute Gasteiger partial charge is 0.115 e. The number of rotatable bonds is 2. The average molecular weight is 286 g/mol. The topological polar surface area (TPSA) is 35.5 Å². The highest BCUT2D eigenvalue weighted by Gasteiger charge is 2.33. The van der Waals surface area contributed by atoms with Gasteiger partial charge in [0.25, 0.3) is 0 Å². The minimum atomic E-state index is 0.411. The zero-order chi connectivity index (χ0) is 14.2. The highest BCUT2D eigenvalue weighted by molar-refractivity contribution is 5.38. The molecule has 0 aromatic heterocycles. The predicted molar refractivity (Wildman–Crippen MR) is 84.5 cm³/mol. The zero-order valence-corrected chi connectivity index (χ0v) is 12.7. The van der Waals surface area contributed by atoms with E-state index >= 15 is 0 Å². The van der Waals surface area contributed by atoms with Gasteiger partial charge >= 0.3 is 0 Å². The van der Waals surface area contributed by atoms with Crippen molar-refractivity contribution >= 4 is 0 Å². The van der Waals surface area contributed by atoms with Crippen LogP contribution in [0.5, 0.6) is 5.75 Å². The van der Waals surface area contributed by atoms with E-state index in [0.717, 1.165) is 12.5 Å². The molecule has 2 fully saturated rings. The summed E-state index contributed by atoms with van der Waals surface area (Å²) in [5.74, 6) is 0.411. The third-order valence-electron chi connectivity index (χ3n) is 5.70. The first-order valence-electron chi connectivity index (χ1n) is 8.61. The molecule has 2 heterocycles. The number of hydrogen-bond acceptors (Lipinski definition) is 3. The second-order valence-corrected chi connectivity index (χ2v) is 7.05. The number of phenols is 1. The zero-order valence-electron chi connectivity index (χ0n) is 12.7. The summed E-state index contributed by atoms with van der Waals surface area (Å²) in [6.07, 6.45) is 8.99. The molecular formula is C18H26N2O. The maximum atomic E-state index is 9.67. The number of hydrogen-bond donors (Lipinski definition) is 2. The van der Waals surface area contributed by atoms with E-state index in [1.165, 1.54) is 62.7 Å². The minimum absolute atomic E-state index is 0.411. The predicted octanol–water partition coefficient (Wildman–Crippen LogP) is 2.99. The van der Waals surface area contributed by atoms with Gasteiger partial charge in [-0.05, 0) is 81.3 Å². The third-order valence-corrected chi connectivity index (χ3v) is 5.70. The van der Waals surface area contributed by atoms with E-state index in [0.29, 0.717) is 17.8 Å². The number of phenolic OH excluding ortho intramolecular Hbond substituents is 1. The molecule has 4 rings (SSSR count). The van der Waals surface area contributed by atoms with Crippen LogP contribution in [-0.2, 0) is 6.42 Å². The molecule has 3 aliphatic rings. The molecule has 0 amide bonds. The molecule has 2 aliphatic heterocycles. The molecule has 3 atom stereocenters. The second kappa shape index (κ2) is 5.62. The number of fused-ring (bicyclic) bond motifs is 2. The molecule has 21 heavy (non-hydrogen) atoms. The summed E-state index contributed by atoms with van der Waals surface area (Å²) in [6.45, 7) is 2.60. The molecular weight excluding hydrogens is 260 g/mol. The molecule has 1 aliphatic carbocycles. The highest BCUT2D eigenvalue weighted by Crippen LogP contribution is 2.34. The number of aryl methyl sites for hydroxylation is 1. The average Bonchev–Trinajstić information content (AvgIpc) is 2.95. The van der Waals surface area contributed by atoms with Crippen molar-refractivity contribution in [3.63, 3.8) is 0 Å². The normalized spacial score (nSPS) is 32.7. The Morgan fingerprint density at radius 1 is 1.10 bits per heavy atom. The van der Waals surface area contributed by atoms with Crippen LogP contribution in [0.2, 0.25) is 0 Å². The van der Waals surface area contributed by atoms with Gasteiger partial charge in [0, 0.05) is 18.1 Å². The fourth-order valence-electron chi connectivity index (χ4n) is 4.63. The molecule has 3 heteroatoms. The Balaban J connectivity index is 1.46. The van der Waals surface area contributed by atoms with Crippen molar-refractivity contribution in [3.05, 3.63) is 29.3 Å². The molecule has 1 aromatic rings. The van der Waals surface area contributed by atoms with E-state index in [9.17, 15) is 5.11 Å². The van der Waals surface area contributed by atoms with Gasteiger partial charge in [-0.2, -0.15) is 0 Å². The Bertz CT molecular complexity index is 516. The van der Waals surface area contributed by atoms with Crippen LogP contribution in [0.25, 0.3) is 0 Å². The molecule has 0 spiro atoms. The van der Waals surface area contributed by atoms with E-state index in [1.807, 2.05) is 12.1 Å². The van der Waals surface area contributed by atoms with Crippen molar-refractivity contribution in [2.24, 2.45) is 0 Å². The van der Waals surface area contributed by atoms with Crippen LogP contribution in [-0.4, -0.2) is 35.2 Å². The summed E-state index contributed by atoms with van der Waals surface area (Å²) in [7, 11) is 0. The monoisotopic (exact) mass is 286 g/mol. The summed E-state index contributed by atoms with van der Waals surface area (Å²) >= 11 is 0. The van der Waals surface area contributed by atoms with Crippen LogP contribution in [0, 0.1) is 0 Å². The Kier molecular flexibility index (Phi) is 3.64. The van der Waals surface area contributed by atoms with Crippen LogP contribution in [0.4, 0.5) is 0 Å². The summed E-state index contributed by atoms with van der Waals surface area (Å²) in [5, 5.41) is 13.6. The largest absolute Gasteiger partial charge is 0.508 e. The lowest BCUT2D eigenvalue weighted by Gasteiger charge is -2.38.